The average molecular weight is 300 g/mol. The molecule has 2 nitrogen and oxygen atoms in total. The summed E-state index contributed by atoms with van der Waals surface area (Å²) in [4.78, 5) is 2.42. The summed E-state index contributed by atoms with van der Waals surface area (Å²) < 4.78 is 0. The molecule has 0 aromatic carbocycles. The lowest BCUT2D eigenvalue weighted by Gasteiger charge is -2.43. The van der Waals surface area contributed by atoms with Gasteiger partial charge in [0.25, 0.3) is 0 Å². The second kappa shape index (κ2) is 12.5. The molecule has 0 bridgehead atoms. The van der Waals surface area contributed by atoms with Crippen LogP contribution in [0.4, 0.5) is 0 Å². The van der Waals surface area contributed by atoms with Crippen molar-refractivity contribution in [3.63, 3.8) is 0 Å². The SMILES string of the molecule is CCCCCCCCCCC(O)C(C)(CC)N(CC)CC. The maximum atomic E-state index is 10.6. The topological polar surface area (TPSA) is 23.5 Å². The van der Waals surface area contributed by atoms with E-state index in [1.807, 2.05) is 0 Å². The summed E-state index contributed by atoms with van der Waals surface area (Å²) in [5.41, 5.74) is -0.0510. The number of aliphatic hydroxyl groups excluding tert-OH is 1. The van der Waals surface area contributed by atoms with Gasteiger partial charge in [0.05, 0.1) is 6.10 Å². The molecule has 0 amide bonds. The van der Waals surface area contributed by atoms with Gasteiger partial charge >= 0.3 is 0 Å². The highest BCUT2D eigenvalue weighted by atomic mass is 16.3. The Labute approximate surface area is 134 Å². The Balaban J connectivity index is 3.92. The van der Waals surface area contributed by atoms with Crippen LogP contribution in [0.5, 0.6) is 0 Å². The van der Waals surface area contributed by atoms with E-state index >= 15 is 0 Å². The Kier molecular flexibility index (Phi) is 12.4. The molecule has 0 fully saturated rings. The monoisotopic (exact) mass is 299 g/mol. The number of unbranched alkanes of at least 4 members (excludes halogenated alkanes) is 7. The fraction of sp³-hybridized carbons (Fsp3) is 1.00. The van der Waals surface area contributed by atoms with Crippen molar-refractivity contribution in [3.8, 4) is 0 Å². The smallest absolute Gasteiger partial charge is 0.0721 e. The van der Waals surface area contributed by atoms with E-state index in [-0.39, 0.29) is 11.6 Å². The van der Waals surface area contributed by atoms with Crippen LogP contribution in [-0.2, 0) is 0 Å². The minimum absolute atomic E-state index is 0.0510. The predicted octanol–water partition coefficient (Wildman–Crippen LogP) is 5.39. The fourth-order valence-electron chi connectivity index (χ4n) is 3.40. The van der Waals surface area contributed by atoms with E-state index in [9.17, 15) is 5.11 Å². The van der Waals surface area contributed by atoms with Gasteiger partial charge < -0.3 is 5.11 Å². The van der Waals surface area contributed by atoms with Gasteiger partial charge in [0, 0.05) is 5.54 Å². The second-order valence-electron chi connectivity index (χ2n) is 6.66. The van der Waals surface area contributed by atoms with Crippen molar-refractivity contribution in [2.45, 2.75) is 110 Å². The molecule has 2 heteroatoms. The zero-order valence-corrected chi connectivity index (χ0v) is 15.5. The Morgan fingerprint density at radius 3 is 1.71 bits per heavy atom. The summed E-state index contributed by atoms with van der Waals surface area (Å²) in [6.45, 7) is 13.1. The van der Waals surface area contributed by atoms with Gasteiger partial charge in [0.2, 0.25) is 0 Å². The lowest BCUT2D eigenvalue weighted by Crippen LogP contribution is -2.54. The minimum Gasteiger partial charge on any atom is -0.391 e. The summed E-state index contributed by atoms with van der Waals surface area (Å²) >= 11 is 0. The Morgan fingerprint density at radius 1 is 0.810 bits per heavy atom. The molecule has 0 heterocycles. The fourth-order valence-corrected chi connectivity index (χ4v) is 3.40. The molecule has 0 aliphatic rings. The van der Waals surface area contributed by atoms with E-state index in [0.717, 1.165) is 25.9 Å². The van der Waals surface area contributed by atoms with Crippen molar-refractivity contribution in [2.75, 3.05) is 13.1 Å². The van der Waals surface area contributed by atoms with Gasteiger partial charge in [0.1, 0.15) is 0 Å². The molecule has 21 heavy (non-hydrogen) atoms. The van der Waals surface area contributed by atoms with E-state index in [2.05, 4.69) is 39.5 Å². The highest BCUT2D eigenvalue weighted by Crippen LogP contribution is 2.27. The van der Waals surface area contributed by atoms with Crippen molar-refractivity contribution < 1.29 is 5.11 Å². The molecule has 1 N–H and O–H groups in total. The van der Waals surface area contributed by atoms with E-state index in [0.29, 0.717) is 0 Å². The molecule has 2 atom stereocenters. The number of likely N-dealkylation sites (N-methyl/N-ethyl adjacent to an activating group) is 1. The lowest BCUT2D eigenvalue weighted by molar-refractivity contribution is -0.0248. The molecule has 0 saturated heterocycles. The summed E-state index contributed by atoms with van der Waals surface area (Å²) in [5, 5.41) is 10.6. The van der Waals surface area contributed by atoms with Gasteiger partial charge in [0.15, 0.2) is 0 Å². The average Bonchev–Trinajstić information content (AvgIpc) is 2.50. The standard InChI is InChI=1S/C19H41NO/c1-6-10-11-12-13-14-15-16-17-18(21)19(5,7-2)20(8-3)9-4/h18,21H,6-17H2,1-5H3. The largest absolute Gasteiger partial charge is 0.391 e. The molecule has 0 aliphatic heterocycles. The first-order valence-electron chi connectivity index (χ1n) is 9.49. The van der Waals surface area contributed by atoms with E-state index in [1.165, 1.54) is 51.4 Å². The van der Waals surface area contributed by atoms with Crippen LogP contribution in [0.1, 0.15) is 98.8 Å². The molecule has 0 aromatic rings. The summed E-state index contributed by atoms with van der Waals surface area (Å²) in [5.74, 6) is 0. The number of hydrogen-bond acceptors (Lipinski definition) is 2. The lowest BCUT2D eigenvalue weighted by atomic mass is 9.86. The maximum Gasteiger partial charge on any atom is 0.0721 e. The molecular formula is C19H41NO. The zero-order chi connectivity index (χ0) is 16.1. The van der Waals surface area contributed by atoms with Gasteiger partial charge in [-0.15, -0.1) is 0 Å². The van der Waals surface area contributed by atoms with Gasteiger partial charge in [-0.05, 0) is 32.9 Å². The minimum atomic E-state index is -0.192. The zero-order valence-electron chi connectivity index (χ0n) is 15.5. The molecular weight excluding hydrogens is 258 g/mol. The molecule has 0 aliphatic carbocycles. The summed E-state index contributed by atoms with van der Waals surface area (Å²) in [7, 11) is 0. The number of hydrogen-bond donors (Lipinski definition) is 1. The highest BCUT2D eigenvalue weighted by molar-refractivity contribution is 4.91. The Bertz CT molecular complexity index is 228. The van der Waals surface area contributed by atoms with Crippen LogP contribution in [0.15, 0.2) is 0 Å². The molecule has 128 valence electrons. The van der Waals surface area contributed by atoms with Gasteiger partial charge in [-0.1, -0.05) is 79.1 Å². The second-order valence-corrected chi connectivity index (χ2v) is 6.66. The number of rotatable bonds is 14. The third kappa shape index (κ3) is 7.65. The first kappa shape index (κ1) is 20.9. The van der Waals surface area contributed by atoms with Crippen LogP contribution in [0.2, 0.25) is 0 Å². The van der Waals surface area contributed by atoms with Crippen LogP contribution >= 0.6 is 0 Å². The molecule has 0 saturated carbocycles. The van der Waals surface area contributed by atoms with Crippen LogP contribution < -0.4 is 0 Å². The van der Waals surface area contributed by atoms with Gasteiger partial charge in [-0.25, -0.2) is 0 Å². The third-order valence-corrected chi connectivity index (χ3v) is 5.25. The summed E-state index contributed by atoms with van der Waals surface area (Å²) in [6, 6.07) is 0. The molecule has 0 aromatic heterocycles. The molecule has 0 radical (unpaired) electrons. The highest BCUT2D eigenvalue weighted by Gasteiger charge is 2.35. The van der Waals surface area contributed by atoms with Crippen molar-refractivity contribution in [3.05, 3.63) is 0 Å². The first-order chi connectivity index (χ1) is 10.1. The van der Waals surface area contributed by atoms with Gasteiger partial charge in [-0.3, -0.25) is 4.90 Å². The van der Waals surface area contributed by atoms with Crippen molar-refractivity contribution in [1.29, 1.82) is 0 Å². The molecule has 0 spiro atoms. The molecule has 2 unspecified atom stereocenters. The van der Waals surface area contributed by atoms with E-state index < -0.39 is 0 Å². The van der Waals surface area contributed by atoms with Crippen LogP contribution in [0.3, 0.4) is 0 Å². The number of nitrogens with zero attached hydrogens (tertiary/aromatic N) is 1. The van der Waals surface area contributed by atoms with E-state index in [1.54, 1.807) is 0 Å². The quantitative estimate of drug-likeness (QED) is 0.435. The van der Waals surface area contributed by atoms with Crippen LogP contribution in [-0.4, -0.2) is 34.7 Å². The van der Waals surface area contributed by atoms with Crippen molar-refractivity contribution in [2.24, 2.45) is 0 Å². The van der Waals surface area contributed by atoms with Crippen LogP contribution in [0, 0.1) is 0 Å². The third-order valence-electron chi connectivity index (χ3n) is 5.25. The Morgan fingerprint density at radius 2 is 1.29 bits per heavy atom. The first-order valence-corrected chi connectivity index (χ1v) is 9.49. The number of aliphatic hydroxyl groups is 1. The van der Waals surface area contributed by atoms with E-state index in [4.69, 9.17) is 0 Å². The maximum absolute atomic E-state index is 10.6. The van der Waals surface area contributed by atoms with Gasteiger partial charge in [-0.2, -0.15) is 0 Å². The van der Waals surface area contributed by atoms with Crippen LogP contribution in [0.25, 0.3) is 0 Å². The Hall–Kier alpha value is -0.0800. The van der Waals surface area contributed by atoms with Crippen molar-refractivity contribution >= 4 is 0 Å². The predicted molar refractivity (Wildman–Crippen MR) is 94.9 cm³/mol. The molecule has 0 rings (SSSR count). The van der Waals surface area contributed by atoms with Crippen molar-refractivity contribution in [1.82, 2.24) is 4.90 Å². The summed E-state index contributed by atoms with van der Waals surface area (Å²) in [6.07, 6.45) is 12.4. The normalized spacial score (nSPS) is 16.1.